The van der Waals surface area contributed by atoms with Crippen LogP contribution in [0.25, 0.3) is 0 Å². The Kier molecular flexibility index (Phi) is 7.53. The molecule has 0 aliphatic rings. The van der Waals surface area contributed by atoms with Gasteiger partial charge in [-0.3, -0.25) is 9.78 Å². The number of aromatic nitrogens is 1. The van der Waals surface area contributed by atoms with Gasteiger partial charge in [-0.25, -0.2) is 8.42 Å². The van der Waals surface area contributed by atoms with Crippen molar-refractivity contribution in [3.05, 3.63) is 54.4 Å². The van der Waals surface area contributed by atoms with E-state index in [9.17, 15) is 13.2 Å². The number of hydrogen-bond donors (Lipinski definition) is 0. The molecule has 0 spiro atoms. The molecule has 1 atom stereocenters. The molecule has 8 heteroatoms. The maximum atomic E-state index is 13.4. The van der Waals surface area contributed by atoms with Gasteiger partial charge in [0.1, 0.15) is 11.8 Å². The highest BCUT2D eigenvalue weighted by molar-refractivity contribution is 7.89. The fraction of sp³-hybridized carbons (Fsp3) is 0.400. The first kappa shape index (κ1) is 21.8. The van der Waals surface area contributed by atoms with Crippen molar-refractivity contribution < 1.29 is 22.7 Å². The van der Waals surface area contributed by atoms with E-state index in [4.69, 9.17) is 9.47 Å². The summed E-state index contributed by atoms with van der Waals surface area (Å²) in [5.74, 6) is 0.0469. The minimum absolute atomic E-state index is 0.00862. The molecule has 1 heterocycles. The summed E-state index contributed by atoms with van der Waals surface area (Å²) in [5, 5.41) is 0. The summed E-state index contributed by atoms with van der Waals surface area (Å²) in [6.45, 7) is 3.87. The third-order valence-electron chi connectivity index (χ3n) is 4.24. The molecule has 0 aliphatic heterocycles. The zero-order valence-electron chi connectivity index (χ0n) is 16.5. The fourth-order valence-electron chi connectivity index (χ4n) is 2.83. The number of rotatable bonds is 9. The van der Waals surface area contributed by atoms with E-state index in [1.807, 2.05) is 13.8 Å². The minimum atomic E-state index is -3.98. The lowest BCUT2D eigenvalue weighted by Gasteiger charge is -2.30. The van der Waals surface area contributed by atoms with E-state index in [0.717, 1.165) is 0 Å². The van der Waals surface area contributed by atoms with Gasteiger partial charge in [-0.05, 0) is 48.2 Å². The van der Waals surface area contributed by atoms with Crippen molar-refractivity contribution >= 4 is 16.0 Å². The van der Waals surface area contributed by atoms with Crippen LogP contribution in [-0.2, 0) is 26.1 Å². The van der Waals surface area contributed by atoms with Gasteiger partial charge in [-0.15, -0.1) is 0 Å². The lowest BCUT2D eigenvalue weighted by atomic mass is 10.0. The molecule has 0 amide bonds. The molecule has 0 saturated carbocycles. The van der Waals surface area contributed by atoms with Crippen LogP contribution in [0.5, 0.6) is 5.75 Å². The van der Waals surface area contributed by atoms with Crippen LogP contribution < -0.4 is 4.74 Å². The van der Waals surface area contributed by atoms with Crippen LogP contribution in [-0.4, -0.2) is 43.9 Å². The molecular weight excluding hydrogens is 380 g/mol. The third kappa shape index (κ3) is 5.30. The molecule has 1 aromatic heterocycles. The number of hydrogen-bond acceptors (Lipinski definition) is 6. The molecule has 1 aromatic carbocycles. The molecular formula is C20H26N2O5S. The summed E-state index contributed by atoms with van der Waals surface area (Å²) < 4.78 is 38.1. The number of esters is 1. The van der Waals surface area contributed by atoms with Gasteiger partial charge in [0.2, 0.25) is 10.0 Å². The van der Waals surface area contributed by atoms with Crippen LogP contribution in [0.15, 0.2) is 53.7 Å². The first-order chi connectivity index (χ1) is 13.3. The van der Waals surface area contributed by atoms with Crippen molar-refractivity contribution in [3.8, 4) is 5.75 Å². The number of benzene rings is 1. The molecule has 2 rings (SSSR count). The number of pyridine rings is 1. The lowest BCUT2D eigenvalue weighted by molar-refractivity contribution is -0.145. The summed E-state index contributed by atoms with van der Waals surface area (Å²) in [4.78, 5) is 16.6. The van der Waals surface area contributed by atoms with Gasteiger partial charge in [0.05, 0.1) is 19.1 Å². The number of carbonyl (C=O) groups excluding carboxylic acids is 1. The van der Waals surface area contributed by atoms with Gasteiger partial charge in [-0.1, -0.05) is 19.9 Å². The van der Waals surface area contributed by atoms with Gasteiger partial charge in [-0.2, -0.15) is 4.31 Å². The maximum Gasteiger partial charge on any atom is 0.324 e. The van der Waals surface area contributed by atoms with E-state index >= 15 is 0 Å². The molecule has 2 aromatic rings. The molecule has 0 saturated heterocycles. The molecule has 0 N–H and O–H groups in total. The molecule has 0 bridgehead atoms. The normalized spacial score (nSPS) is 12.8. The zero-order chi connectivity index (χ0) is 20.7. The highest BCUT2D eigenvalue weighted by Gasteiger charge is 2.37. The fourth-order valence-corrected chi connectivity index (χ4v) is 4.41. The first-order valence-corrected chi connectivity index (χ1v) is 10.4. The van der Waals surface area contributed by atoms with Crippen LogP contribution in [0, 0.1) is 5.92 Å². The van der Waals surface area contributed by atoms with E-state index in [1.165, 1.54) is 30.7 Å². The Morgan fingerprint density at radius 1 is 1.14 bits per heavy atom. The van der Waals surface area contributed by atoms with Crippen molar-refractivity contribution in [2.24, 2.45) is 5.92 Å². The molecule has 152 valence electrons. The predicted molar refractivity (Wildman–Crippen MR) is 105 cm³/mol. The van der Waals surface area contributed by atoms with Crippen LogP contribution in [0.2, 0.25) is 0 Å². The Bertz CT molecular complexity index is 867. The van der Waals surface area contributed by atoms with Crippen LogP contribution in [0.4, 0.5) is 0 Å². The molecule has 0 radical (unpaired) electrons. The smallest absolute Gasteiger partial charge is 0.324 e. The van der Waals surface area contributed by atoms with Crippen molar-refractivity contribution in [1.82, 2.24) is 9.29 Å². The first-order valence-electron chi connectivity index (χ1n) is 8.92. The van der Waals surface area contributed by atoms with Gasteiger partial charge in [0.25, 0.3) is 0 Å². The van der Waals surface area contributed by atoms with Crippen molar-refractivity contribution in [2.45, 2.75) is 37.8 Å². The molecule has 0 aliphatic carbocycles. The quantitative estimate of drug-likeness (QED) is 0.595. The maximum absolute atomic E-state index is 13.4. The highest BCUT2D eigenvalue weighted by Crippen LogP contribution is 2.26. The summed E-state index contributed by atoms with van der Waals surface area (Å²) in [5.41, 5.74) is 0.678. The Balaban J connectivity index is 2.52. The van der Waals surface area contributed by atoms with Gasteiger partial charge < -0.3 is 9.47 Å². The summed E-state index contributed by atoms with van der Waals surface area (Å²) >= 11 is 0. The second-order valence-electron chi connectivity index (χ2n) is 6.76. The molecule has 7 nitrogen and oxygen atoms in total. The Hall–Kier alpha value is -2.45. The zero-order valence-corrected chi connectivity index (χ0v) is 17.3. The van der Waals surface area contributed by atoms with Crippen LogP contribution in [0.1, 0.15) is 25.8 Å². The highest BCUT2D eigenvalue weighted by atomic mass is 32.2. The summed E-state index contributed by atoms with van der Waals surface area (Å²) in [7, 11) is -1.21. The number of ether oxygens (including phenoxy) is 2. The van der Waals surface area contributed by atoms with E-state index in [-0.39, 0.29) is 17.4 Å². The monoisotopic (exact) mass is 406 g/mol. The van der Waals surface area contributed by atoms with Crippen LogP contribution >= 0.6 is 0 Å². The van der Waals surface area contributed by atoms with E-state index in [1.54, 1.807) is 36.7 Å². The largest absolute Gasteiger partial charge is 0.497 e. The van der Waals surface area contributed by atoms with Gasteiger partial charge in [0, 0.05) is 18.9 Å². The van der Waals surface area contributed by atoms with Crippen LogP contribution in [0.3, 0.4) is 0 Å². The second kappa shape index (κ2) is 9.66. The molecule has 28 heavy (non-hydrogen) atoms. The van der Waals surface area contributed by atoms with E-state index < -0.39 is 22.0 Å². The predicted octanol–water partition coefficient (Wildman–Crippen LogP) is 2.87. The summed E-state index contributed by atoms with van der Waals surface area (Å²) in [6.07, 6.45) is 3.53. The Morgan fingerprint density at radius 2 is 1.82 bits per heavy atom. The molecule has 1 unspecified atom stereocenters. The average molecular weight is 407 g/mol. The number of nitrogens with zero attached hydrogens (tertiary/aromatic N) is 2. The van der Waals surface area contributed by atoms with Crippen molar-refractivity contribution in [3.63, 3.8) is 0 Å². The average Bonchev–Trinajstić information content (AvgIpc) is 2.70. The minimum Gasteiger partial charge on any atom is -0.497 e. The van der Waals surface area contributed by atoms with E-state index in [2.05, 4.69) is 4.98 Å². The number of carbonyl (C=O) groups is 1. The molecule has 0 fully saturated rings. The van der Waals surface area contributed by atoms with Crippen molar-refractivity contribution in [2.75, 3.05) is 14.2 Å². The van der Waals surface area contributed by atoms with Gasteiger partial charge in [0.15, 0.2) is 0 Å². The van der Waals surface area contributed by atoms with Gasteiger partial charge >= 0.3 is 5.97 Å². The lowest BCUT2D eigenvalue weighted by Crippen LogP contribution is -2.45. The topological polar surface area (TPSA) is 85.8 Å². The third-order valence-corrected chi connectivity index (χ3v) is 6.11. The standard InChI is InChI=1S/C20H26N2O5S/c1-15(2)12-19(20(23)27-4)22(14-16-6-5-11-21-13-16)28(24,25)18-9-7-17(26-3)8-10-18/h5-11,13,15,19H,12,14H2,1-4H3. The Labute approximate surface area is 166 Å². The second-order valence-corrected chi connectivity index (χ2v) is 8.65. The van der Waals surface area contributed by atoms with E-state index in [0.29, 0.717) is 17.7 Å². The Morgan fingerprint density at radius 3 is 2.32 bits per heavy atom. The summed E-state index contributed by atoms with van der Waals surface area (Å²) in [6, 6.07) is 8.63. The van der Waals surface area contributed by atoms with Crippen molar-refractivity contribution in [1.29, 1.82) is 0 Å². The number of methoxy groups -OCH3 is 2. The SMILES string of the molecule is COC(=O)C(CC(C)C)N(Cc1cccnc1)S(=O)(=O)c1ccc(OC)cc1. The number of sulfonamides is 1.